The highest BCUT2D eigenvalue weighted by atomic mass is 16.2. The van der Waals surface area contributed by atoms with E-state index in [0.29, 0.717) is 12.1 Å². The number of hydrogen-bond acceptors (Lipinski definition) is 4. The lowest BCUT2D eigenvalue weighted by Gasteiger charge is -2.38. The molecule has 0 unspecified atom stereocenters. The maximum absolute atomic E-state index is 11.1. The number of amides is 2. The maximum atomic E-state index is 11.1. The smallest absolute Gasteiger partial charge is 0.314 e. The van der Waals surface area contributed by atoms with Gasteiger partial charge in [0.1, 0.15) is 0 Å². The normalized spacial score (nSPS) is 31.4. The van der Waals surface area contributed by atoms with Gasteiger partial charge in [0.2, 0.25) is 0 Å². The Balaban J connectivity index is 1.85. The fourth-order valence-electron chi connectivity index (χ4n) is 2.89. The van der Waals surface area contributed by atoms with Gasteiger partial charge in [-0.3, -0.25) is 9.80 Å². The molecule has 0 bridgehead atoms. The maximum Gasteiger partial charge on any atom is 0.314 e. The molecular weight excluding hydrogens is 254 g/mol. The van der Waals surface area contributed by atoms with Gasteiger partial charge in [-0.15, -0.1) is 0 Å². The van der Waals surface area contributed by atoms with Crippen molar-refractivity contribution in [2.45, 2.75) is 25.9 Å². The highest BCUT2D eigenvalue weighted by molar-refractivity contribution is 5.72. The first-order valence-electron chi connectivity index (χ1n) is 7.41. The molecule has 0 aromatic heterocycles. The first-order valence-corrected chi connectivity index (χ1v) is 7.41. The largest absolute Gasteiger partial charge is 0.384 e. The van der Waals surface area contributed by atoms with Crippen LogP contribution in [0.1, 0.15) is 13.8 Å². The van der Waals surface area contributed by atoms with Gasteiger partial charge in [-0.1, -0.05) is 0 Å². The standard InChI is InChI=1S/C14H27N5O/c1-11-10-17(3)12(2)13(16-11)4-5-18-6-8-19(9-7-18)14(15)20/h4,11-12,16H,5-10H2,1-3H3,(H2,15,20)/b13-4+/t11-,12+/m1/s1. The minimum Gasteiger partial charge on any atom is -0.384 e. The second-order valence-electron chi connectivity index (χ2n) is 5.95. The summed E-state index contributed by atoms with van der Waals surface area (Å²) in [6.45, 7) is 9.71. The van der Waals surface area contributed by atoms with Gasteiger partial charge in [0.25, 0.3) is 0 Å². The van der Waals surface area contributed by atoms with Gasteiger partial charge in [-0.25, -0.2) is 4.79 Å². The number of piperazine rings is 2. The van der Waals surface area contributed by atoms with E-state index in [9.17, 15) is 4.79 Å². The van der Waals surface area contributed by atoms with Crippen LogP contribution in [0.25, 0.3) is 0 Å². The van der Waals surface area contributed by atoms with Crippen molar-refractivity contribution in [3.05, 3.63) is 11.8 Å². The Morgan fingerprint density at radius 3 is 2.60 bits per heavy atom. The first kappa shape index (κ1) is 15.1. The van der Waals surface area contributed by atoms with Gasteiger partial charge < -0.3 is 16.0 Å². The van der Waals surface area contributed by atoms with Crippen LogP contribution in [0.5, 0.6) is 0 Å². The molecule has 20 heavy (non-hydrogen) atoms. The molecule has 2 fully saturated rings. The lowest BCUT2D eigenvalue weighted by molar-refractivity contribution is 0.152. The van der Waals surface area contributed by atoms with Crippen LogP contribution in [-0.2, 0) is 0 Å². The second-order valence-corrected chi connectivity index (χ2v) is 5.95. The molecule has 2 heterocycles. The predicted molar refractivity (Wildman–Crippen MR) is 80.4 cm³/mol. The number of nitrogens with zero attached hydrogens (tertiary/aromatic N) is 3. The molecule has 0 aromatic carbocycles. The van der Waals surface area contributed by atoms with E-state index in [4.69, 9.17) is 5.73 Å². The highest BCUT2D eigenvalue weighted by Gasteiger charge is 2.24. The number of hydrogen-bond donors (Lipinski definition) is 2. The third kappa shape index (κ3) is 3.64. The third-order valence-corrected chi connectivity index (χ3v) is 4.34. The molecule has 2 rings (SSSR count). The number of urea groups is 1. The van der Waals surface area contributed by atoms with E-state index in [1.165, 1.54) is 5.70 Å². The molecule has 2 saturated heterocycles. The van der Waals surface area contributed by atoms with Crippen molar-refractivity contribution in [2.75, 3.05) is 46.3 Å². The SMILES string of the molecule is C[C@@H]1CN(C)[C@@H](C)/C(=C\CN2CCN(C(N)=O)CC2)N1. The van der Waals surface area contributed by atoms with Crippen LogP contribution in [0, 0.1) is 0 Å². The van der Waals surface area contributed by atoms with E-state index >= 15 is 0 Å². The van der Waals surface area contributed by atoms with Crippen LogP contribution in [0.15, 0.2) is 11.8 Å². The molecular formula is C14H27N5O. The van der Waals surface area contributed by atoms with Crippen LogP contribution in [-0.4, -0.2) is 79.1 Å². The Bertz CT molecular complexity index is 376. The fraction of sp³-hybridized carbons (Fsp3) is 0.786. The minimum absolute atomic E-state index is 0.305. The van der Waals surface area contributed by atoms with Crippen molar-refractivity contribution in [3.63, 3.8) is 0 Å². The molecule has 6 heteroatoms. The highest BCUT2D eigenvalue weighted by Crippen LogP contribution is 2.14. The van der Waals surface area contributed by atoms with Crippen LogP contribution >= 0.6 is 0 Å². The van der Waals surface area contributed by atoms with E-state index in [2.05, 4.69) is 42.1 Å². The van der Waals surface area contributed by atoms with Gasteiger partial charge in [-0.05, 0) is 27.0 Å². The Kier molecular flexibility index (Phi) is 4.88. The molecule has 2 atom stereocenters. The number of nitrogens with two attached hydrogens (primary N) is 1. The summed E-state index contributed by atoms with van der Waals surface area (Å²) in [6, 6.07) is 0.633. The summed E-state index contributed by atoms with van der Waals surface area (Å²) in [7, 11) is 2.17. The number of primary amides is 1. The average Bonchev–Trinajstić information content (AvgIpc) is 2.41. The number of likely N-dealkylation sites (N-methyl/N-ethyl adjacent to an activating group) is 1. The summed E-state index contributed by atoms with van der Waals surface area (Å²) < 4.78 is 0. The van der Waals surface area contributed by atoms with E-state index in [1.54, 1.807) is 4.90 Å². The van der Waals surface area contributed by atoms with Crippen molar-refractivity contribution in [3.8, 4) is 0 Å². The van der Waals surface area contributed by atoms with Crippen LogP contribution in [0.4, 0.5) is 4.79 Å². The number of carbonyl (C=O) groups excluding carboxylic acids is 1. The Hall–Kier alpha value is -1.27. The van der Waals surface area contributed by atoms with Gasteiger partial charge in [0.05, 0.1) is 0 Å². The zero-order valence-electron chi connectivity index (χ0n) is 12.8. The number of carbonyl (C=O) groups is 1. The molecule has 3 N–H and O–H groups in total. The third-order valence-electron chi connectivity index (χ3n) is 4.34. The molecule has 0 radical (unpaired) electrons. The van der Waals surface area contributed by atoms with Crippen molar-refractivity contribution in [1.29, 1.82) is 0 Å². The summed E-state index contributed by atoms with van der Waals surface area (Å²) in [4.78, 5) is 17.5. The summed E-state index contributed by atoms with van der Waals surface area (Å²) in [6.07, 6.45) is 2.29. The van der Waals surface area contributed by atoms with Crippen LogP contribution in [0.2, 0.25) is 0 Å². The zero-order chi connectivity index (χ0) is 14.7. The van der Waals surface area contributed by atoms with E-state index in [-0.39, 0.29) is 6.03 Å². The monoisotopic (exact) mass is 281 g/mol. The lowest BCUT2D eigenvalue weighted by Crippen LogP contribution is -2.52. The van der Waals surface area contributed by atoms with Crippen LogP contribution < -0.4 is 11.1 Å². The molecule has 0 spiro atoms. The first-order chi connectivity index (χ1) is 9.47. The van der Waals surface area contributed by atoms with Crippen LogP contribution in [0.3, 0.4) is 0 Å². The predicted octanol–water partition coefficient (Wildman–Crippen LogP) is -0.121. The molecule has 114 valence electrons. The van der Waals surface area contributed by atoms with Crippen molar-refractivity contribution < 1.29 is 4.79 Å². The summed E-state index contributed by atoms with van der Waals surface area (Å²) in [5.41, 5.74) is 6.60. The topological polar surface area (TPSA) is 64.8 Å². The van der Waals surface area contributed by atoms with Crippen molar-refractivity contribution >= 4 is 6.03 Å². The molecule has 2 aliphatic heterocycles. The number of nitrogens with one attached hydrogen (secondary N) is 1. The molecule has 6 nitrogen and oxygen atoms in total. The minimum atomic E-state index is -0.305. The quantitative estimate of drug-likeness (QED) is 0.740. The molecule has 2 aliphatic rings. The second kappa shape index (κ2) is 6.45. The summed E-state index contributed by atoms with van der Waals surface area (Å²) >= 11 is 0. The van der Waals surface area contributed by atoms with Gasteiger partial charge in [0, 0.05) is 57.0 Å². The molecule has 2 amide bonds. The van der Waals surface area contributed by atoms with Crippen molar-refractivity contribution in [1.82, 2.24) is 20.0 Å². The fourth-order valence-corrected chi connectivity index (χ4v) is 2.89. The molecule has 0 saturated carbocycles. The van der Waals surface area contributed by atoms with Gasteiger partial charge in [0.15, 0.2) is 0 Å². The lowest BCUT2D eigenvalue weighted by atomic mass is 10.1. The van der Waals surface area contributed by atoms with E-state index < -0.39 is 0 Å². The van der Waals surface area contributed by atoms with E-state index in [1.807, 2.05) is 0 Å². The van der Waals surface area contributed by atoms with Crippen molar-refractivity contribution in [2.24, 2.45) is 5.73 Å². The Morgan fingerprint density at radius 1 is 1.35 bits per heavy atom. The summed E-state index contributed by atoms with van der Waals surface area (Å²) in [5, 5.41) is 3.57. The Labute approximate surface area is 121 Å². The molecule has 0 aromatic rings. The van der Waals surface area contributed by atoms with E-state index in [0.717, 1.165) is 39.3 Å². The summed E-state index contributed by atoms with van der Waals surface area (Å²) in [5.74, 6) is 0. The van der Waals surface area contributed by atoms with Gasteiger partial charge >= 0.3 is 6.03 Å². The zero-order valence-corrected chi connectivity index (χ0v) is 12.8. The average molecular weight is 281 g/mol. The van der Waals surface area contributed by atoms with Gasteiger partial charge in [-0.2, -0.15) is 0 Å². The molecule has 0 aliphatic carbocycles. The number of rotatable bonds is 2. The Morgan fingerprint density at radius 2 is 2.00 bits per heavy atom.